The summed E-state index contributed by atoms with van der Waals surface area (Å²) in [6, 6.07) is 9.69. The van der Waals surface area contributed by atoms with Crippen molar-refractivity contribution in [2.24, 2.45) is 5.92 Å². The van der Waals surface area contributed by atoms with E-state index in [0.29, 0.717) is 11.7 Å². The van der Waals surface area contributed by atoms with Crippen molar-refractivity contribution >= 4 is 5.91 Å². The fourth-order valence-electron chi connectivity index (χ4n) is 2.59. The Morgan fingerprint density at radius 3 is 2.67 bits per heavy atom. The average molecular weight is 285 g/mol. The molecule has 3 rings (SSSR count). The first kappa shape index (κ1) is 13.7. The second kappa shape index (κ2) is 6.03. The van der Waals surface area contributed by atoms with Crippen LogP contribution in [0.25, 0.3) is 11.4 Å². The van der Waals surface area contributed by atoms with Gasteiger partial charge in [0, 0.05) is 18.7 Å². The molecule has 1 saturated heterocycles. The van der Waals surface area contributed by atoms with Crippen LogP contribution >= 0.6 is 0 Å². The van der Waals surface area contributed by atoms with E-state index in [1.165, 1.54) is 0 Å². The fraction of sp³-hybridized carbons (Fsp3) is 0.467. The van der Waals surface area contributed by atoms with Crippen LogP contribution in [0.1, 0.15) is 19.8 Å². The van der Waals surface area contributed by atoms with Crippen LogP contribution in [0.2, 0.25) is 0 Å². The molecular formula is C15H19N5O. The molecule has 1 aliphatic heterocycles. The van der Waals surface area contributed by atoms with Crippen molar-refractivity contribution in [3.63, 3.8) is 0 Å². The molecule has 0 saturated carbocycles. The number of hydrogen-bond acceptors (Lipinski definition) is 4. The Bertz CT molecular complexity index is 602. The molecular weight excluding hydrogens is 266 g/mol. The number of benzene rings is 1. The third-order valence-corrected chi connectivity index (χ3v) is 3.99. The molecule has 2 aromatic rings. The van der Waals surface area contributed by atoms with Crippen LogP contribution in [-0.4, -0.2) is 44.1 Å². The van der Waals surface area contributed by atoms with Crippen molar-refractivity contribution in [2.45, 2.75) is 26.3 Å². The lowest BCUT2D eigenvalue weighted by molar-refractivity contribution is -0.133. The van der Waals surface area contributed by atoms with Gasteiger partial charge in [0.2, 0.25) is 5.91 Å². The highest BCUT2D eigenvalue weighted by Crippen LogP contribution is 2.18. The van der Waals surface area contributed by atoms with Crippen molar-refractivity contribution in [3.8, 4) is 11.4 Å². The third kappa shape index (κ3) is 3.09. The number of hydrogen-bond donors (Lipinski definition) is 0. The number of likely N-dealkylation sites (tertiary alicyclic amines) is 1. The van der Waals surface area contributed by atoms with Gasteiger partial charge in [-0.1, -0.05) is 37.3 Å². The largest absolute Gasteiger partial charge is 0.341 e. The maximum Gasteiger partial charge on any atom is 0.244 e. The number of carbonyl (C=O) groups excluding carboxylic acids is 1. The van der Waals surface area contributed by atoms with Crippen molar-refractivity contribution < 1.29 is 4.79 Å². The molecule has 21 heavy (non-hydrogen) atoms. The van der Waals surface area contributed by atoms with E-state index in [9.17, 15) is 4.79 Å². The molecule has 0 spiro atoms. The normalized spacial score (nSPS) is 16.1. The molecule has 1 fully saturated rings. The predicted molar refractivity (Wildman–Crippen MR) is 78.2 cm³/mol. The Morgan fingerprint density at radius 1 is 1.24 bits per heavy atom. The highest BCUT2D eigenvalue weighted by Gasteiger charge is 2.22. The monoisotopic (exact) mass is 285 g/mol. The standard InChI is InChI=1S/C15H19N5O/c1-12-7-9-19(10-8-12)14(21)11-20-15(16-17-18-20)13-5-3-2-4-6-13/h2-6,12H,7-11H2,1H3. The van der Waals surface area contributed by atoms with E-state index in [1.54, 1.807) is 4.68 Å². The van der Waals surface area contributed by atoms with Gasteiger partial charge in [-0.25, -0.2) is 4.68 Å². The molecule has 6 nitrogen and oxygen atoms in total. The van der Waals surface area contributed by atoms with Crippen LogP contribution in [0.5, 0.6) is 0 Å². The van der Waals surface area contributed by atoms with Crippen LogP contribution in [0, 0.1) is 5.92 Å². The zero-order valence-corrected chi connectivity index (χ0v) is 12.1. The predicted octanol–water partition coefficient (Wildman–Crippen LogP) is 1.60. The summed E-state index contributed by atoms with van der Waals surface area (Å²) >= 11 is 0. The second-order valence-electron chi connectivity index (χ2n) is 5.59. The van der Waals surface area contributed by atoms with Crippen molar-refractivity contribution in [2.75, 3.05) is 13.1 Å². The summed E-state index contributed by atoms with van der Waals surface area (Å²) in [6.45, 7) is 4.11. The third-order valence-electron chi connectivity index (χ3n) is 3.99. The summed E-state index contributed by atoms with van der Waals surface area (Å²) in [5.74, 6) is 1.43. The number of piperidine rings is 1. The molecule has 2 heterocycles. The molecule has 110 valence electrons. The van der Waals surface area contributed by atoms with E-state index in [0.717, 1.165) is 31.5 Å². The Kier molecular flexibility index (Phi) is 3.94. The van der Waals surface area contributed by atoms with E-state index in [1.807, 2.05) is 35.2 Å². The minimum Gasteiger partial charge on any atom is -0.341 e. The maximum absolute atomic E-state index is 12.4. The van der Waals surface area contributed by atoms with Crippen molar-refractivity contribution in [1.82, 2.24) is 25.1 Å². The molecule has 0 atom stereocenters. The molecule has 1 amide bonds. The average Bonchev–Trinajstić information content (AvgIpc) is 2.97. The van der Waals surface area contributed by atoms with E-state index in [4.69, 9.17) is 0 Å². The summed E-state index contributed by atoms with van der Waals surface area (Å²) in [6.07, 6.45) is 2.15. The van der Waals surface area contributed by atoms with Crippen LogP contribution in [0.3, 0.4) is 0 Å². The first-order chi connectivity index (χ1) is 10.2. The second-order valence-corrected chi connectivity index (χ2v) is 5.59. The van der Waals surface area contributed by atoms with Gasteiger partial charge in [0.05, 0.1) is 0 Å². The molecule has 0 bridgehead atoms. The highest BCUT2D eigenvalue weighted by molar-refractivity contribution is 5.76. The van der Waals surface area contributed by atoms with Crippen molar-refractivity contribution in [1.29, 1.82) is 0 Å². The summed E-state index contributed by atoms with van der Waals surface area (Å²) < 4.78 is 1.58. The van der Waals surface area contributed by atoms with E-state index < -0.39 is 0 Å². The summed E-state index contributed by atoms with van der Waals surface area (Å²) in [5.41, 5.74) is 0.919. The van der Waals surface area contributed by atoms with Crippen LogP contribution < -0.4 is 0 Å². The number of tetrazole rings is 1. The molecule has 0 radical (unpaired) electrons. The van der Waals surface area contributed by atoms with Crippen LogP contribution in [-0.2, 0) is 11.3 Å². The summed E-state index contributed by atoms with van der Waals surface area (Å²) in [7, 11) is 0. The molecule has 1 aromatic heterocycles. The molecule has 6 heteroatoms. The van der Waals surface area contributed by atoms with E-state index >= 15 is 0 Å². The van der Waals surface area contributed by atoms with Gasteiger partial charge in [-0.3, -0.25) is 4.79 Å². The zero-order valence-electron chi connectivity index (χ0n) is 12.1. The van der Waals surface area contributed by atoms with Gasteiger partial charge in [-0.15, -0.1) is 5.10 Å². The smallest absolute Gasteiger partial charge is 0.244 e. The Balaban J connectivity index is 1.71. The lowest BCUT2D eigenvalue weighted by atomic mass is 9.99. The van der Waals surface area contributed by atoms with Gasteiger partial charge < -0.3 is 4.90 Å². The first-order valence-corrected chi connectivity index (χ1v) is 7.33. The lowest BCUT2D eigenvalue weighted by Gasteiger charge is -2.30. The number of amides is 1. The SMILES string of the molecule is CC1CCN(C(=O)Cn2nnnc2-c2ccccc2)CC1. The first-order valence-electron chi connectivity index (χ1n) is 7.33. The quantitative estimate of drug-likeness (QED) is 0.859. The molecule has 0 N–H and O–H groups in total. The van der Waals surface area contributed by atoms with E-state index in [-0.39, 0.29) is 12.5 Å². The lowest BCUT2D eigenvalue weighted by Crippen LogP contribution is -2.40. The number of nitrogens with zero attached hydrogens (tertiary/aromatic N) is 5. The highest BCUT2D eigenvalue weighted by atomic mass is 16.2. The molecule has 0 unspecified atom stereocenters. The minimum atomic E-state index is 0.0892. The van der Waals surface area contributed by atoms with Gasteiger partial charge in [0.25, 0.3) is 0 Å². The Labute approximate surface area is 123 Å². The molecule has 1 aromatic carbocycles. The van der Waals surface area contributed by atoms with Gasteiger partial charge in [0.1, 0.15) is 6.54 Å². The molecule has 0 aliphatic carbocycles. The number of carbonyl (C=O) groups is 1. The summed E-state index contributed by atoms with van der Waals surface area (Å²) in [4.78, 5) is 14.3. The van der Waals surface area contributed by atoms with Gasteiger partial charge in [0.15, 0.2) is 5.82 Å². The van der Waals surface area contributed by atoms with Crippen LogP contribution in [0.4, 0.5) is 0 Å². The van der Waals surface area contributed by atoms with Crippen LogP contribution in [0.15, 0.2) is 30.3 Å². The molecule has 1 aliphatic rings. The summed E-state index contributed by atoms with van der Waals surface area (Å²) in [5, 5.41) is 11.7. The minimum absolute atomic E-state index is 0.0892. The Morgan fingerprint density at radius 2 is 1.95 bits per heavy atom. The number of rotatable bonds is 3. The number of aromatic nitrogens is 4. The van der Waals surface area contributed by atoms with Gasteiger partial charge >= 0.3 is 0 Å². The zero-order chi connectivity index (χ0) is 14.7. The fourth-order valence-corrected chi connectivity index (χ4v) is 2.59. The van der Waals surface area contributed by atoms with Gasteiger partial charge in [-0.05, 0) is 29.2 Å². The van der Waals surface area contributed by atoms with E-state index in [2.05, 4.69) is 22.4 Å². The maximum atomic E-state index is 12.4. The Hall–Kier alpha value is -2.24. The topological polar surface area (TPSA) is 63.9 Å². The van der Waals surface area contributed by atoms with Gasteiger partial charge in [-0.2, -0.15) is 0 Å². The van der Waals surface area contributed by atoms with Crippen molar-refractivity contribution in [3.05, 3.63) is 30.3 Å².